The van der Waals surface area contributed by atoms with E-state index in [-0.39, 0.29) is 19.1 Å². The van der Waals surface area contributed by atoms with Gasteiger partial charge in [0.15, 0.2) is 0 Å². The summed E-state index contributed by atoms with van der Waals surface area (Å²) in [6.45, 7) is 5.57. The maximum atomic E-state index is 12.6. The predicted molar refractivity (Wildman–Crippen MR) is 130 cm³/mol. The molecule has 1 aliphatic rings. The molecule has 1 atom stereocenters. The Kier molecular flexibility index (Phi) is 8.51. The van der Waals surface area contributed by atoms with Crippen LogP contribution < -0.4 is 5.32 Å². The molecule has 32 heavy (non-hydrogen) atoms. The highest BCUT2D eigenvalue weighted by atomic mass is 33.1. The molecular formula is C24H29NO5S2. The SMILES string of the molecule is CC(C)(C)OC(=O)[C@H](CSSCCO)NC(=O)OCC1c2ccccc2-c2ccccc21. The van der Waals surface area contributed by atoms with Crippen molar-refractivity contribution in [1.82, 2.24) is 5.32 Å². The maximum absolute atomic E-state index is 12.6. The van der Waals surface area contributed by atoms with Gasteiger partial charge in [-0.1, -0.05) is 70.1 Å². The van der Waals surface area contributed by atoms with Crippen molar-refractivity contribution in [3.8, 4) is 11.1 Å². The van der Waals surface area contributed by atoms with Crippen LogP contribution >= 0.6 is 21.6 Å². The van der Waals surface area contributed by atoms with Gasteiger partial charge in [0.1, 0.15) is 18.2 Å². The number of hydrogen-bond acceptors (Lipinski definition) is 7. The molecule has 172 valence electrons. The van der Waals surface area contributed by atoms with E-state index in [0.29, 0.717) is 11.5 Å². The number of carbonyl (C=O) groups excluding carboxylic acids is 2. The second-order valence-electron chi connectivity index (χ2n) is 8.39. The highest BCUT2D eigenvalue weighted by Crippen LogP contribution is 2.44. The fourth-order valence-corrected chi connectivity index (χ4v) is 5.45. The lowest BCUT2D eigenvalue weighted by molar-refractivity contribution is -0.156. The van der Waals surface area contributed by atoms with E-state index < -0.39 is 23.7 Å². The lowest BCUT2D eigenvalue weighted by Gasteiger charge is -2.24. The lowest BCUT2D eigenvalue weighted by Crippen LogP contribution is -2.46. The van der Waals surface area contributed by atoms with Crippen LogP contribution in [0.1, 0.15) is 37.8 Å². The third kappa shape index (κ3) is 6.43. The number of amides is 1. The van der Waals surface area contributed by atoms with Crippen LogP contribution in [0.2, 0.25) is 0 Å². The molecule has 0 fully saturated rings. The van der Waals surface area contributed by atoms with E-state index in [1.165, 1.54) is 21.6 Å². The number of benzene rings is 2. The Hall–Kier alpha value is -2.16. The first kappa shape index (κ1) is 24.5. The van der Waals surface area contributed by atoms with Gasteiger partial charge < -0.3 is 19.9 Å². The monoisotopic (exact) mass is 475 g/mol. The zero-order valence-electron chi connectivity index (χ0n) is 18.5. The van der Waals surface area contributed by atoms with Gasteiger partial charge in [-0.2, -0.15) is 0 Å². The second kappa shape index (κ2) is 11.1. The Morgan fingerprint density at radius 2 is 1.62 bits per heavy atom. The summed E-state index contributed by atoms with van der Waals surface area (Å²) in [6, 6.07) is 15.4. The summed E-state index contributed by atoms with van der Waals surface area (Å²) in [5.74, 6) is 0.283. The number of fused-ring (bicyclic) bond motifs is 3. The normalized spacial score (nSPS) is 13.8. The number of ether oxygens (including phenoxy) is 2. The maximum Gasteiger partial charge on any atom is 0.407 e. The molecule has 3 rings (SSSR count). The van der Waals surface area contributed by atoms with E-state index in [9.17, 15) is 9.59 Å². The minimum absolute atomic E-state index is 0.0502. The minimum atomic E-state index is -0.846. The van der Waals surface area contributed by atoms with Crippen LogP contribution in [0.5, 0.6) is 0 Å². The largest absolute Gasteiger partial charge is 0.458 e. The topological polar surface area (TPSA) is 84.9 Å². The molecule has 1 aliphatic carbocycles. The standard InChI is InChI=1S/C24H29NO5S2/c1-24(2,3)30-22(27)21(15-32-31-13-12-26)25-23(28)29-14-20-18-10-6-4-8-16(18)17-9-5-7-11-19(17)20/h4-11,20-21,26H,12-15H2,1-3H3,(H,25,28)/t21-/m0/s1. The molecule has 0 bridgehead atoms. The van der Waals surface area contributed by atoms with Gasteiger partial charge in [0, 0.05) is 17.4 Å². The first-order chi connectivity index (χ1) is 15.3. The second-order valence-corrected chi connectivity index (χ2v) is 11.0. The Balaban J connectivity index is 1.64. The zero-order chi connectivity index (χ0) is 23.1. The van der Waals surface area contributed by atoms with Crippen LogP contribution in [0.4, 0.5) is 4.79 Å². The van der Waals surface area contributed by atoms with E-state index in [0.717, 1.165) is 22.3 Å². The van der Waals surface area contributed by atoms with Gasteiger partial charge in [-0.05, 0) is 43.0 Å². The van der Waals surface area contributed by atoms with Crippen molar-refractivity contribution in [1.29, 1.82) is 0 Å². The number of aliphatic hydroxyl groups is 1. The van der Waals surface area contributed by atoms with Gasteiger partial charge in [-0.3, -0.25) is 0 Å². The van der Waals surface area contributed by atoms with E-state index in [4.69, 9.17) is 14.6 Å². The van der Waals surface area contributed by atoms with Crippen LogP contribution in [-0.4, -0.2) is 53.5 Å². The molecule has 1 amide bonds. The van der Waals surface area contributed by atoms with Crippen LogP contribution in [0.25, 0.3) is 11.1 Å². The van der Waals surface area contributed by atoms with Crippen LogP contribution in [0, 0.1) is 0 Å². The smallest absolute Gasteiger partial charge is 0.407 e. The van der Waals surface area contributed by atoms with Crippen molar-refractivity contribution < 1.29 is 24.2 Å². The van der Waals surface area contributed by atoms with Gasteiger partial charge in [0.2, 0.25) is 0 Å². The van der Waals surface area contributed by atoms with E-state index in [2.05, 4.69) is 29.6 Å². The van der Waals surface area contributed by atoms with Gasteiger partial charge in [-0.25, -0.2) is 9.59 Å². The number of hydrogen-bond donors (Lipinski definition) is 2. The molecule has 2 aromatic rings. The van der Waals surface area contributed by atoms with Crippen LogP contribution in [0.15, 0.2) is 48.5 Å². The molecule has 0 saturated carbocycles. The molecule has 0 saturated heterocycles. The predicted octanol–water partition coefficient (Wildman–Crippen LogP) is 4.61. The van der Waals surface area contributed by atoms with Crippen molar-refractivity contribution in [3.63, 3.8) is 0 Å². The highest BCUT2D eigenvalue weighted by Gasteiger charge is 2.31. The number of nitrogens with one attached hydrogen (secondary N) is 1. The minimum Gasteiger partial charge on any atom is -0.458 e. The van der Waals surface area contributed by atoms with E-state index in [1.54, 1.807) is 20.8 Å². The first-order valence-electron chi connectivity index (χ1n) is 10.5. The fraction of sp³-hybridized carbons (Fsp3) is 0.417. The summed E-state index contributed by atoms with van der Waals surface area (Å²) in [4.78, 5) is 25.2. The van der Waals surface area contributed by atoms with Gasteiger partial charge in [0.05, 0.1) is 6.61 Å². The van der Waals surface area contributed by atoms with Crippen molar-refractivity contribution in [2.24, 2.45) is 0 Å². The van der Waals surface area contributed by atoms with Crippen molar-refractivity contribution in [2.45, 2.75) is 38.3 Å². The Bertz CT molecular complexity index is 898. The molecule has 2 aromatic carbocycles. The number of esters is 1. The van der Waals surface area contributed by atoms with Crippen LogP contribution in [-0.2, 0) is 14.3 Å². The summed E-state index contributed by atoms with van der Waals surface area (Å²) < 4.78 is 11.0. The number of alkyl carbamates (subject to hydrolysis) is 1. The summed E-state index contributed by atoms with van der Waals surface area (Å²) in [7, 11) is 2.82. The van der Waals surface area contributed by atoms with Gasteiger partial charge in [0.25, 0.3) is 0 Å². The number of aliphatic hydroxyl groups excluding tert-OH is 1. The van der Waals surface area contributed by atoms with Crippen molar-refractivity contribution in [3.05, 3.63) is 59.7 Å². The number of rotatable bonds is 9. The highest BCUT2D eigenvalue weighted by molar-refractivity contribution is 8.76. The number of carbonyl (C=O) groups is 2. The Morgan fingerprint density at radius 1 is 1.03 bits per heavy atom. The molecule has 0 heterocycles. The average molecular weight is 476 g/mol. The molecule has 0 radical (unpaired) electrons. The van der Waals surface area contributed by atoms with Crippen LogP contribution in [0.3, 0.4) is 0 Å². The third-order valence-electron chi connectivity index (χ3n) is 4.82. The summed E-state index contributed by atoms with van der Waals surface area (Å²) in [6.07, 6.45) is -0.657. The first-order valence-corrected chi connectivity index (χ1v) is 13.0. The van der Waals surface area contributed by atoms with E-state index >= 15 is 0 Å². The average Bonchev–Trinajstić information content (AvgIpc) is 3.07. The molecule has 0 aliphatic heterocycles. The Labute approximate surface area is 196 Å². The molecule has 0 aromatic heterocycles. The summed E-state index contributed by atoms with van der Waals surface area (Å²) >= 11 is 0. The summed E-state index contributed by atoms with van der Waals surface area (Å²) in [5.41, 5.74) is 3.89. The molecule has 8 heteroatoms. The Morgan fingerprint density at radius 3 is 2.19 bits per heavy atom. The molecule has 2 N–H and O–H groups in total. The lowest BCUT2D eigenvalue weighted by atomic mass is 9.98. The fourth-order valence-electron chi connectivity index (χ4n) is 3.54. The molecule has 0 unspecified atom stereocenters. The molecule has 6 nitrogen and oxygen atoms in total. The van der Waals surface area contributed by atoms with Gasteiger partial charge >= 0.3 is 12.1 Å². The van der Waals surface area contributed by atoms with E-state index in [1.807, 2.05) is 24.3 Å². The third-order valence-corrected chi connectivity index (χ3v) is 7.21. The molecular weight excluding hydrogens is 446 g/mol. The molecule has 0 spiro atoms. The summed E-state index contributed by atoms with van der Waals surface area (Å²) in [5, 5.41) is 11.6. The van der Waals surface area contributed by atoms with Crippen molar-refractivity contribution >= 4 is 33.7 Å². The quantitative estimate of drug-likeness (QED) is 0.311. The zero-order valence-corrected chi connectivity index (χ0v) is 20.1. The van der Waals surface area contributed by atoms with Gasteiger partial charge in [-0.15, -0.1) is 0 Å². The van der Waals surface area contributed by atoms with Crippen molar-refractivity contribution in [2.75, 3.05) is 24.7 Å².